The number of ether oxygens (including phenoxy) is 1. The molecule has 0 bridgehead atoms. The van der Waals surface area contributed by atoms with Crippen molar-refractivity contribution < 1.29 is 4.74 Å². The van der Waals surface area contributed by atoms with Crippen LogP contribution in [0.2, 0.25) is 0 Å². The SMILES string of the molecule is COC[C@@H](C)Cn1cnc2c(N)nc(N)nc21. The van der Waals surface area contributed by atoms with Crippen LogP contribution in [0.5, 0.6) is 0 Å². The number of hydrogen-bond donors (Lipinski definition) is 2. The topological polar surface area (TPSA) is 105 Å². The van der Waals surface area contributed by atoms with Gasteiger partial charge in [-0.25, -0.2) is 4.98 Å². The molecule has 0 unspecified atom stereocenters. The van der Waals surface area contributed by atoms with Crippen LogP contribution in [0.15, 0.2) is 6.33 Å². The summed E-state index contributed by atoms with van der Waals surface area (Å²) in [4.78, 5) is 12.2. The minimum absolute atomic E-state index is 0.163. The molecule has 0 saturated heterocycles. The van der Waals surface area contributed by atoms with E-state index in [0.717, 1.165) is 6.54 Å². The maximum atomic E-state index is 5.73. The molecule has 0 aromatic carbocycles. The summed E-state index contributed by atoms with van der Waals surface area (Å²) in [5, 5.41) is 0. The molecule has 7 nitrogen and oxygen atoms in total. The molecular weight excluding hydrogens is 220 g/mol. The summed E-state index contributed by atoms with van der Waals surface area (Å²) in [6.45, 7) is 3.51. The molecule has 0 aliphatic heterocycles. The fraction of sp³-hybridized carbons (Fsp3) is 0.500. The number of hydrogen-bond acceptors (Lipinski definition) is 6. The van der Waals surface area contributed by atoms with Crippen LogP contribution in [0.4, 0.5) is 11.8 Å². The summed E-state index contributed by atoms with van der Waals surface area (Å²) in [6.07, 6.45) is 1.70. The van der Waals surface area contributed by atoms with Gasteiger partial charge in [0.1, 0.15) is 5.52 Å². The minimum Gasteiger partial charge on any atom is -0.384 e. The molecule has 2 aromatic heterocycles. The first kappa shape index (κ1) is 11.6. The first-order valence-corrected chi connectivity index (χ1v) is 5.34. The second kappa shape index (κ2) is 4.54. The number of anilines is 2. The van der Waals surface area contributed by atoms with E-state index in [2.05, 4.69) is 21.9 Å². The lowest BCUT2D eigenvalue weighted by Crippen LogP contribution is -2.12. The third-order valence-corrected chi connectivity index (χ3v) is 2.47. The first-order chi connectivity index (χ1) is 8.11. The molecule has 0 radical (unpaired) electrons. The zero-order chi connectivity index (χ0) is 12.4. The van der Waals surface area contributed by atoms with Crippen molar-refractivity contribution >= 4 is 22.9 Å². The molecule has 1 atom stereocenters. The number of rotatable bonds is 4. The zero-order valence-electron chi connectivity index (χ0n) is 9.92. The van der Waals surface area contributed by atoms with Crippen molar-refractivity contribution in [2.75, 3.05) is 25.2 Å². The molecule has 7 heteroatoms. The Kier molecular flexibility index (Phi) is 3.10. The van der Waals surface area contributed by atoms with Crippen LogP contribution in [0.25, 0.3) is 11.2 Å². The van der Waals surface area contributed by atoms with Gasteiger partial charge in [-0.1, -0.05) is 6.92 Å². The largest absolute Gasteiger partial charge is 0.384 e. The van der Waals surface area contributed by atoms with E-state index in [9.17, 15) is 0 Å². The molecule has 0 aliphatic carbocycles. The van der Waals surface area contributed by atoms with E-state index in [-0.39, 0.29) is 5.95 Å². The second-order valence-electron chi connectivity index (χ2n) is 4.10. The molecule has 2 rings (SSSR count). The number of fused-ring (bicyclic) bond motifs is 1. The fourth-order valence-corrected chi connectivity index (χ4v) is 1.79. The van der Waals surface area contributed by atoms with Gasteiger partial charge in [-0.05, 0) is 5.92 Å². The van der Waals surface area contributed by atoms with Crippen LogP contribution in [0, 0.1) is 5.92 Å². The van der Waals surface area contributed by atoms with Crippen molar-refractivity contribution in [2.45, 2.75) is 13.5 Å². The van der Waals surface area contributed by atoms with Crippen molar-refractivity contribution in [3.05, 3.63) is 6.33 Å². The van der Waals surface area contributed by atoms with Crippen molar-refractivity contribution in [3.63, 3.8) is 0 Å². The molecule has 0 aliphatic rings. The summed E-state index contributed by atoms with van der Waals surface area (Å²) < 4.78 is 7.01. The molecule has 0 fully saturated rings. The standard InChI is InChI=1S/C10H16N6O/c1-6(4-17-2)3-16-5-13-7-8(11)14-10(12)15-9(7)16/h5-6H,3-4H2,1-2H3,(H4,11,12,14,15)/t6-/m0/s1. The number of methoxy groups -OCH3 is 1. The molecule has 0 saturated carbocycles. The Hall–Kier alpha value is -1.89. The van der Waals surface area contributed by atoms with Gasteiger partial charge in [-0.2, -0.15) is 9.97 Å². The van der Waals surface area contributed by atoms with E-state index in [1.807, 2.05) is 4.57 Å². The maximum absolute atomic E-state index is 5.73. The Bertz CT molecular complexity index is 523. The van der Waals surface area contributed by atoms with Crippen molar-refractivity contribution in [1.29, 1.82) is 0 Å². The van der Waals surface area contributed by atoms with Gasteiger partial charge < -0.3 is 20.8 Å². The lowest BCUT2D eigenvalue weighted by molar-refractivity contribution is 0.152. The lowest BCUT2D eigenvalue weighted by atomic mass is 10.2. The van der Waals surface area contributed by atoms with Crippen LogP contribution < -0.4 is 11.5 Å². The Labute approximate surface area is 98.8 Å². The van der Waals surface area contributed by atoms with Crippen LogP contribution in [0.1, 0.15) is 6.92 Å². The van der Waals surface area contributed by atoms with Gasteiger partial charge in [0.2, 0.25) is 5.95 Å². The van der Waals surface area contributed by atoms with Crippen LogP contribution in [-0.4, -0.2) is 33.2 Å². The molecule has 4 N–H and O–H groups in total. The maximum Gasteiger partial charge on any atom is 0.224 e. The molecule has 0 amide bonds. The van der Waals surface area contributed by atoms with E-state index < -0.39 is 0 Å². The molecule has 2 aromatic rings. The predicted octanol–water partition coefficient (Wildman–Crippen LogP) is 0.273. The van der Waals surface area contributed by atoms with Crippen LogP contribution in [-0.2, 0) is 11.3 Å². The number of nitrogen functional groups attached to an aromatic ring is 2. The van der Waals surface area contributed by atoms with Crippen molar-refractivity contribution in [2.24, 2.45) is 5.92 Å². The smallest absolute Gasteiger partial charge is 0.224 e. The van der Waals surface area contributed by atoms with E-state index >= 15 is 0 Å². The predicted molar refractivity (Wildman–Crippen MR) is 65.2 cm³/mol. The summed E-state index contributed by atoms with van der Waals surface area (Å²) in [6, 6.07) is 0. The Morgan fingerprint density at radius 3 is 2.88 bits per heavy atom. The Morgan fingerprint density at radius 2 is 2.18 bits per heavy atom. The average molecular weight is 236 g/mol. The first-order valence-electron chi connectivity index (χ1n) is 5.34. The molecule has 17 heavy (non-hydrogen) atoms. The van der Waals surface area contributed by atoms with Gasteiger partial charge in [0.05, 0.1) is 12.9 Å². The Morgan fingerprint density at radius 1 is 1.41 bits per heavy atom. The second-order valence-corrected chi connectivity index (χ2v) is 4.10. The normalized spacial score (nSPS) is 13.1. The average Bonchev–Trinajstić information content (AvgIpc) is 2.62. The summed E-state index contributed by atoms with van der Waals surface area (Å²) in [5.74, 6) is 0.830. The molecular formula is C10H16N6O. The van der Waals surface area contributed by atoms with Gasteiger partial charge in [0, 0.05) is 13.7 Å². The van der Waals surface area contributed by atoms with Gasteiger partial charge in [0.25, 0.3) is 0 Å². The summed E-state index contributed by atoms with van der Waals surface area (Å²) in [5.41, 5.74) is 12.6. The highest BCUT2D eigenvalue weighted by Gasteiger charge is 2.11. The number of aromatic nitrogens is 4. The highest BCUT2D eigenvalue weighted by Crippen LogP contribution is 2.17. The van der Waals surface area contributed by atoms with Crippen LogP contribution in [0.3, 0.4) is 0 Å². The van der Waals surface area contributed by atoms with Gasteiger partial charge >= 0.3 is 0 Å². The summed E-state index contributed by atoms with van der Waals surface area (Å²) in [7, 11) is 1.68. The Balaban J connectivity index is 2.35. The fourth-order valence-electron chi connectivity index (χ4n) is 1.79. The number of nitrogens with two attached hydrogens (primary N) is 2. The number of imidazole rings is 1. The van der Waals surface area contributed by atoms with Gasteiger partial charge in [-0.3, -0.25) is 0 Å². The van der Waals surface area contributed by atoms with Crippen molar-refractivity contribution in [3.8, 4) is 0 Å². The van der Waals surface area contributed by atoms with Crippen molar-refractivity contribution in [1.82, 2.24) is 19.5 Å². The van der Waals surface area contributed by atoms with E-state index in [4.69, 9.17) is 16.2 Å². The minimum atomic E-state index is 0.163. The highest BCUT2D eigenvalue weighted by molar-refractivity contribution is 5.82. The van der Waals surface area contributed by atoms with E-state index in [0.29, 0.717) is 29.5 Å². The third kappa shape index (κ3) is 2.28. The zero-order valence-corrected chi connectivity index (χ0v) is 9.92. The van der Waals surface area contributed by atoms with E-state index in [1.54, 1.807) is 13.4 Å². The van der Waals surface area contributed by atoms with Crippen LogP contribution >= 0.6 is 0 Å². The summed E-state index contributed by atoms with van der Waals surface area (Å²) >= 11 is 0. The number of nitrogens with zero attached hydrogens (tertiary/aromatic N) is 4. The molecule has 92 valence electrons. The lowest BCUT2D eigenvalue weighted by Gasteiger charge is -2.11. The highest BCUT2D eigenvalue weighted by atomic mass is 16.5. The molecule has 0 spiro atoms. The third-order valence-electron chi connectivity index (χ3n) is 2.47. The monoisotopic (exact) mass is 236 g/mol. The van der Waals surface area contributed by atoms with Gasteiger partial charge in [0.15, 0.2) is 11.5 Å². The molecule has 2 heterocycles. The van der Waals surface area contributed by atoms with E-state index in [1.165, 1.54) is 0 Å². The quantitative estimate of drug-likeness (QED) is 0.789. The van der Waals surface area contributed by atoms with Gasteiger partial charge in [-0.15, -0.1) is 0 Å².